The predicted molar refractivity (Wildman–Crippen MR) is 72.3 cm³/mol. The second-order valence-electron chi connectivity index (χ2n) is 4.60. The van der Waals surface area contributed by atoms with Crippen molar-refractivity contribution >= 4 is 17.9 Å². The van der Waals surface area contributed by atoms with Gasteiger partial charge in [-0.1, -0.05) is 6.92 Å². The lowest BCUT2D eigenvalue weighted by atomic mass is 10.3. The highest BCUT2D eigenvalue weighted by Gasteiger charge is 2.19. The molecule has 0 aliphatic carbocycles. The summed E-state index contributed by atoms with van der Waals surface area (Å²) in [5.41, 5.74) is 0. The topological polar surface area (TPSA) is 102 Å². The Balaban J connectivity index is 2.39. The maximum atomic E-state index is 11.9. The maximum Gasteiger partial charge on any atom is 0.323 e. The van der Waals surface area contributed by atoms with Gasteiger partial charge in [-0.2, -0.15) is 0 Å². The van der Waals surface area contributed by atoms with Gasteiger partial charge >= 0.3 is 12.0 Å². The molecule has 0 saturated carbocycles. The predicted octanol–water partition coefficient (Wildman–Crippen LogP) is -1.08. The molecule has 0 radical (unpaired) electrons. The second kappa shape index (κ2) is 8.36. The van der Waals surface area contributed by atoms with E-state index in [9.17, 15) is 14.4 Å². The molecular formula is C12H22N4O4. The van der Waals surface area contributed by atoms with Gasteiger partial charge in [-0.25, -0.2) is 4.79 Å². The first-order valence-electron chi connectivity index (χ1n) is 6.77. The summed E-state index contributed by atoms with van der Waals surface area (Å²) >= 11 is 0. The normalized spacial score (nSPS) is 14.8. The summed E-state index contributed by atoms with van der Waals surface area (Å²) in [7, 11) is 0. The van der Waals surface area contributed by atoms with Crippen LogP contribution in [-0.2, 0) is 9.59 Å². The molecule has 0 aromatic carbocycles. The van der Waals surface area contributed by atoms with Crippen molar-refractivity contribution in [3.05, 3.63) is 0 Å². The van der Waals surface area contributed by atoms with Crippen LogP contribution in [0.3, 0.4) is 0 Å². The van der Waals surface area contributed by atoms with Crippen molar-refractivity contribution in [1.82, 2.24) is 20.4 Å². The molecule has 0 atom stereocenters. The van der Waals surface area contributed by atoms with Gasteiger partial charge in [0.1, 0.15) is 6.54 Å². The number of hydrogen-bond donors (Lipinski definition) is 3. The standard InChI is InChI=1S/C12H22N4O4/c1-2-5-16(9-11(18)19)12(20)14-8-10(17)15-6-3-13-4-7-15/h13H,2-9H2,1H3,(H,14,20)(H,18,19). The zero-order valence-corrected chi connectivity index (χ0v) is 11.7. The Morgan fingerprint density at radius 1 is 1.30 bits per heavy atom. The van der Waals surface area contributed by atoms with Crippen LogP contribution in [0.25, 0.3) is 0 Å². The minimum atomic E-state index is -1.07. The molecule has 1 fully saturated rings. The van der Waals surface area contributed by atoms with Crippen molar-refractivity contribution < 1.29 is 19.5 Å². The number of carboxylic acid groups (broad SMARTS) is 1. The summed E-state index contributed by atoms with van der Waals surface area (Å²) in [4.78, 5) is 37.2. The van der Waals surface area contributed by atoms with Crippen LogP contribution in [0.15, 0.2) is 0 Å². The summed E-state index contributed by atoms with van der Waals surface area (Å²) in [6.07, 6.45) is 0.659. The number of piperazine rings is 1. The molecular weight excluding hydrogens is 264 g/mol. The molecule has 114 valence electrons. The summed E-state index contributed by atoms with van der Waals surface area (Å²) in [6.45, 7) is 4.50. The quantitative estimate of drug-likeness (QED) is 0.577. The van der Waals surface area contributed by atoms with Crippen molar-refractivity contribution in [2.24, 2.45) is 0 Å². The minimum Gasteiger partial charge on any atom is -0.480 e. The van der Waals surface area contributed by atoms with E-state index in [1.54, 1.807) is 4.90 Å². The van der Waals surface area contributed by atoms with Crippen LogP contribution in [-0.4, -0.2) is 78.6 Å². The monoisotopic (exact) mass is 286 g/mol. The highest BCUT2D eigenvalue weighted by atomic mass is 16.4. The maximum absolute atomic E-state index is 11.9. The van der Waals surface area contributed by atoms with E-state index in [2.05, 4.69) is 10.6 Å². The van der Waals surface area contributed by atoms with Gasteiger partial charge in [0.05, 0.1) is 6.54 Å². The Kier molecular flexibility index (Phi) is 6.78. The third kappa shape index (κ3) is 5.43. The molecule has 8 heteroatoms. The average Bonchev–Trinajstić information content (AvgIpc) is 2.44. The molecule has 0 bridgehead atoms. The van der Waals surface area contributed by atoms with E-state index in [4.69, 9.17) is 5.11 Å². The van der Waals surface area contributed by atoms with Crippen molar-refractivity contribution in [3.8, 4) is 0 Å². The number of hydrogen-bond acceptors (Lipinski definition) is 4. The summed E-state index contributed by atoms with van der Waals surface area (Å²) in [5, 5.41) is 14.4. The Labute approximate surface area is 118 Å². The number of nitrogens with one attached hydrogen (secondary N) is 2. The molecule has 3 amide bonds. The van der Waals surface area contributed by atoms with Crippen molar-refractivity contribution in [1.29, 1.82) is 0 Å². The lowest BCUT2D eigenvalue weighted by Gasteiger charge is -2.28. The third-order valence-corrected chi connectivity index (χ3v) is 2.97. The fourth-order valence-electron chi connectivity index (χ4n) is 1.97. The van der Waals surface area contributed by atoms with Gasteiger partial charge in [-0.05, 0) is 6.42 Å². The molecule has 1 rings (SSSR count). The lowest BCUT2D eigenvalue weighted by molar-refractivity contribution is -0.137. The molecule has 1 heterocycles. The summed E-state index contributed by atoms with van der Waals surface area (Å²) in [6, 6.07) is -0.516. The van der Waals surface area contributed by atoms with Crippen LogP contribution >= 0.6 is 0 Å². The van der Waals surface area contributed by atoms with Crippen molar-refractivity contribution in [3.63, 3.8) is 0 Å². The third-order valence-electron chi connectivity index (χ3n) is 2.97. The SMILES string of the molecule is CCCN(CC(=O)O)C(=O)NCC(=O)N1CCNCC1. The smallest absolute Gasteiger partial charge is 0.323 e. The van der Waals surface area contributed by atoms with Gasteiger partial charge < -0.3 is 25.5 Å². The first-order valence-corrected chi connectivity index (χ1v) is 6.77. The fraction of sp³-hybridized carbons (Fsp3) is 0.750. The first-order chi connectivity index (χ1) is 9.54. The fourth-order valence-corrected chi connectivity index (χ4v) is 1.97. The summed E-state index contributed by atoms with van der Waals surface area (Å²) < 4.78 is 0. The van der Waals surface area contributed by atoms with Gasteiger partial charge in [0.15, 0.2) is 0 Å². The van der Waals surface area contributed by atoms with Crippen LogP contribution in [0.1, 0.15) is 13.3 Å². The van der Waals surface area contributed by atoms with Gasteiger partial charge in [-0.3, -0.25) is 9.59 Å². The number of carboxylic acids is 1. The minimum absolute atomic E-state index is 0.0985. The number of rotatable bonds is 6. The van der Waals surface area contributed by atoms with E-state index in [1.807, 2.05) is 6.92 Å². The van der Waals surface area contributed by atoms with Crippen LogP contribution in [0.4, 0.5) is 4.79 Å². The number of carbonyl (C=O) groups is 3. The van der Waals surface area contributed by atoms with E-state index >= 15 is 0 Å². The number of nitrogens with zero attached hydrogens (tertiary/aromatic N) is 2. The first kappa shape index (κ1) is 16.2. The number of amides is 3. The molecule has 3 N–H and O–H groups in total. The van der Waals surface area contributed by atoms with Gasteiger partial charge in [-0.15, -0.1) is 0 Å². The Bertz CT molecular complexity index is 355. The Hall–Kier alpha value is -1.83. The molecule has 1 aliphatic heterocycles. The van der Waals surface area contributed by atoms with E-state index in [1.165, 1.54) is 4.90 Å². The molecule has 0 aromatic rings. The van der Waals surface area contributed by atoms with Gasteiger partial charge in [0, 0.05) is 32.7 Å². The second-order valence-corrected chi connectivity index (χ2v) is 4.60. The highest BCUT2D eigenvalue weighted by Crippen LogP contribution is 1.95. The van der Waals surface area contributed by atoms with Crippen LogP contribution < -0.4 is 10.6 Å². The van der Waals surface area contributed by atoms with E-state index in [0.29, 0.717) is 26.1 Å². The van der Waals surface area contributed by atoms with Crippen LogP contribution in [0.2, 0.25) is 0 Å². The average molecular weight is 286 g/mol. The molecule has 20 heavy (non-hydrogen) atoms. The van der Waals surface area contributed by atoms with Crippen molar-refractivity contribution in [2.75, 3.05) is 45.8 Å². The number of aliphatic carboxylic acids is 1. The van der Waals surface area contributed by atoms with Crippen LogP contribution in [0.5, 0.6) is 0 Å². The molecule has 8 nitrogen and oxygen atoms in total. The Morgan fingerprint density at radius 2 is 1.95 bits per heavy atom. The zero-order valence-electron chi connectivity index (χ0n) is 11.7. The van der Waals surface area contributed by atoms with Gasteiger partial charge in [0.2, 0.25) is 5.91 Å². The molecule has 1 aliphatic rings. The summed E-state index contributed by atoms with van der Waals surface area (Å²) in [5.74, 6) is -1.21. The zero-order chi connectivity index (χ0) is 15.0. The Morgan fingerprint density at radius 3 is 2.50 bits per heavy atom. The molecule has 0 aromatic heterocycles. The van der Waals surface area contributed by atoms with E-state index in [-0.39, 0.29) is 19.0 Å². The lowest BCUT2D eigenvalue weighted by Crippen LogP contribution is -2.51. The largest absolute Gasteiger partial charge is 0.480 e. The molecule has 0 spiro atoms. The van der Waals surface area contributed by atoms with E-state index in [0.717, 1.165) is 13.1 Å². The molecule has 1 saturated heterocycles. The van der Waals surface area contributed by atoms with Crippen molar-refractivity contribution in [2.45, 2.75) is 13.3 Å². The van der Waals surface area contributed by atoms with Gasteiger partial charge in [0.25, 0.3) is 0 Å². The highest BCUT2D eigenvalue weighted by molar-refractivity contribution is 5.85. The number of carbonyl (C=O) groups excluding carboxylic acids is 2. The van der Waals surface area contributed by atoms with Crippen LogP contribution in [0, 0.1) is 0 Å². The number of urea groups is 1. The molecule has 0 unspecified atom stereocenters. The van der Waals surface area contributed by atoms with E-state index < -0.39 is 12.0 Å².